The Kier molecular flexibility index (Phi) is 5.26. The van der Waals surface area contributed by atoms with Gasteiger partial charge in [0.15, 0.2) is 0 Å². The Balaban J connectivity index is 2.60. The van der Waals surface area contributed by atoms with Gasteiger partial charge in [-0.25, -0.2) is 9.18 Å². The van der Waals surface area contributed by atoms with Crippen LogP contribution < -0.4 is 5.32 Å². The predicted molar refractivity (Wildman–Crippen MR) is 63.1 cm³/mol. The zero-order valence-corrected chi connectivity index (χ0v) is 9.90. The monoisotopic (exact) mass is 255 g/mol. The Bertz CT molecular complexity index is 448. The van der Waals surface area contributed by atoms with Gasteiger partial charge in [0.2, 0.25) is 5.91 Å². The van der Waals surface area contributed by atoms with Gasteiger partial charge in [0.05, 0.1) is 5.56 Å². The number of nitrogens with one attached hydrogen (secondary N) is 1. The molecule has 0 saturated heterocycles. The third kappa shape index (κ3) is 4.14. The van der Waals surface area contributed by atoms with Gasteiger partial charge in [-0.3, -0.25) is 4.79 Å². The number of carbonyl (C=O) groups excluding carboxylic acids is 1. The van der Waals surface area contributed by atoms with E-state index in [4.69, 9.17) is 9.84 Å². The van der Waals surface area contributed by atoms with Crippen LogP contribution in [0.15, 0.2) is 18.2 Å². The molecule has 0 aliphatic rings. The Hall–Kier alpha value is -1.95. The third-order valence-electron chi connectivity index (χ3n) is 2.06. The topological polar surface area (TPSA) is 75.6 Å². The second kappa shape index (κ2) is 6.70. The fourth-order valence-corrected chi connectivity index (χ4v) is 1.27. The number of anilines is 1. The maximum atomic E-state index is 13.3. The van der Waals surface area contributed by atoms with Crippen molar-refractivity contribution in [1.82, 2.24) is 0 Å². The zero-order chi connectivity index (χ0) is 13.5. The van der Waals surface area contributed by atoms with Crippen LogP contribution in [0.5, 0.6) is 0 Å². The van der Waals surface area contributed by atoms with E-state index < -0.39 is 23.3 Å². The van der Waals surface area contributed by atoms with Crippen molar-refractivity contribution >= 4 is 17.6 Å². The van der Waals surface area contributed by atoms with Gasteiger partial charge in [-0.1, -0.05) is 6.92 Å². The molecule has 5 nitrogen and oxygen atoms in total. The fourth-order valence-electron chi connectivity index (χ4n) is 1.27. The molecule has 98 valence electrons. The van der Waals surface area contributed by atoms with Crippen molar-refractivity contribution in [3.05, 3.63) is 29.6 Å². The molecular formula is C12H14FNO4. The number of benzene rings is 1. The van der Waals surface area contributed by atoms with E-state index in [1.165, 1.54) is 6.07 Å². The molecule has 18 heavy (non-hydrogen) atoms. The van der Waals surface area contributed by atoms with Crippen molar-refractivity contribution in [2.75, 3.05) is 18.5 Å². The average Bonchev–Trinajstić information content (AvgIpc) is 2.28. The molecule has 0 unspecified atom stereocenters. The first-order valence-corrected chi connectivity index (χ1v) is 5.45. The molecule has 0 bridgehead atoms. The summed E-state index contributed by atoms with van der Waals surface area (Å²) in [6.45, 7) is 2.27. The molecule has 0 radical (unpaired) electrons. The molecule has 0 aliphatic heterocycles. The van der Waals surface area contributed by atoms with Gasteiger partial charge < -0.3 is 15.2 Å². The molecular weight excluding hydrogens is 241 g/mol. The molecule has 0 saturated carbocycles. The van der Waals surface area contributed by atoms with E-state index in [0.717, 1.165) is 18.6 Å². The number of carboxylic acid groups (broad SMARTS) is 1. The predicted octanol–water partition coefficient (Wildman–Crippen LogP) is 1.89. The highest BCUT2D eigenvalue weighted by atomic mass is 19.1. The Labute approximate surface area is 104 Å². The van der Waals surface area contributed by atoms with Gasteiger partial charge in [0, 0.05) is 12.3 Å². The van der Waals surface area contributed by atoms with Gasteiger partial charge in [-0.15, -0.1) is 0 Å². The van der Waals surface area contributed by atoms with Crippen molar-refractivity contribution in [2.24, 2.45) is 0 Å². The molecule has 0 aliphatic carbocycles. The molecule has 0 spiro atoms. The standard InChI is InChI=1S/C12H14FNO4/c1-2-5-18-7-11(15)14-8-3-4-9(12(16)17)10(13)6-8/h3-4,6H,2,5,7H2,1H3,(H,14,15)(H,16,17). The van der Waals surface area contributed by atoms with E-state index in [0.29, 0.717) is 6.61 Å². The summed E-state index contributed by atoms with van der Waals surface area (Å²) < 4.78 is 18.3. The number of amides is 1. The first-order chi connectivity index (χ1) is 8.54. The third-order valence-corrected chi connectivity index (χ3v) is 2.06. The summed E-state index contributed by atoms with van der Waals surface area (Å²) in [5.41, 5.74) is -0.238. The van der Waals surface area contributed by atoms with Gasteiger partial charge in [-0.05, 0) is 24.6 Å². The van der Waals surface area contributed by atoms with Gasteiger partial charge in [0.25, 0.3) is 0 Å². The normalized spacial score (nSPS) is 10.1. The van der Waals surface area contributed by atoms with Crippen LogP contribution in [0.2, 0.25) is 0 Å². The van der Waals surface area contributed by atoms with E-state index in [9.17, 15) is 14.0 Å². The maximum absolute atomic E-state index is 13.3. The van der Waals surface area contributed by atoms with E-state index in [2.05, 4.69) is 5.32 Å². The van der Waals surface area contributed by atoms with Crippen LogP contribution in [0.4, 0.5) is 10.1 Å². The molecule has 0 heterocycles. The van der Waals surface area contributed by atoms with E-state index in [1.54, 1.807) is 0 Å². The maximum Gasteiger partial charge on any atom is 0.338 e. The molecule has 1 rings (SSSR count). The van der Waals surface area contributed by atoms with Crippen LogP contribution in [-0.2, 0) is 9.53 Å². The summed E-state index contributed by atoms with van der Waals surface area (Å²) in [4.78, 5) is 21.9. The number of hydrogen-bond acceptors (Lipinski definition) is 3. The number of rotatable bonds is 6. The number of halogens is 1. The number of carbonyl (C=O) groups is 2. The number of ether oxygens (including phenoxy) is 1. The lowest BCUT2D eigenvalue weighted by molar-refractivity contribution is -0.120. The molecule has 1 amide bonds. The van der Waals surface area contributed by atoms with Gasteiger partial charge in [0.1, 0.15) is 12.4 Å². The summed E-state index contributed by atoms with van der Waals surface area (Å²) in [7, 11) is 0. The average molecular weight is 255 g/mol. The van der Waals surface area contributed by atoms with Crippen molar-refractivity contribution in [1.29, 1.82) is 0 Å². The minimum Gasteiger partial charge on any atom is -0.478 e. The van der Waals surface area contributed by atoms with Crippen LogP contribution in [0.1, 0.15) is 23.7 Å². The van der Waals surface area contributed by atoms with Crippen LogP contribution >= 0.6 is 0 Å². The Morgan fingerprint density at radius 1 is 1.44 bits per heavy atom. The number of aromatic carboxylic acids is 1. The van der Waals surface area contributed by atoms with Crippen molar-refractivity contribution < 1.29 is 23.8 Å². The van der Waals surface area contributed by atoms with E-state index >= 15 is 0 Å². The first-order valence-electron chi connectivity index (χ1n) is 5.45. The summed E-state index contributed by atoms with van der Waals surface area (Å²) in [5.74, 6) is -2.66. The van der Waals surface area contributed by atoms with Crippen molar-refractivity contribution in [2.45, 2.75) is 13.3 Å². The number of carboxylic acids is 1. The van der Waals surface area contributed by atoms with Crippen molar-refractivity contribution in [3.63, 3.8) is 0 Å². The lowest BCUT2D eigenvalue weighted by Gasteiger charge is -2.06. The lowest BCUT2D eigenvalue weighted by Crippen LogP contribution is -2.18. The molecule has 6 heteroatoms. The smallest absolute Gasteiger partial charge is 0.338 e. The summed E-state index contributed by atoms with van der Waals surface area (Å²) in [5, 5.41) is 11.0. The Morgan fingerprint density at radius 3 is 2.72 bits per heavy atom. The van der Waals surface area contributed by atoms with Crippen LogP contribution in [-0.4, -0.2) is 30.2 Å². The number of hydrogen-bond donors (Lipinski definition) is 2. The summed E-state index contributed by atoms with van der Waals surface area (Å²) >= 11 is 0. The highest BCUT2D eigenvalue weighted by Crippen LogP contribution is 2.14. The first kappa shape index (κ1) is 14.1. The summed E-state index contributed by atoms with van der Waals surface area (Å²) in [6.07, 6.45) is 0.801. The quantitative estimate of drug-likeness (QED) is 0.761. The Morgan fingerprint density at radius 2 is 2.17 bits per heavy atom. The van der Waals surface area contributed by atoms with Gasteiger partial charge >= 0.3 is 5.97 Å². The molecule has 2 N–H and O–H groups in total. The molecule has 0 fully saturated rings. The lowest BCUT2D eigenvalue weighted by atomic mass is 10.2. The van der Waals surface area contributed by atoms with Crippen molar-refractivity contribution in [3.8, 4) is 0 Å². The highest BCUT2D eigenvalue weighted by molar-refractivity contribution is 5.93. The highest BCUT2D eigenvalue weighted by Gasteiger charge is 2.11. The van der Waals surface area contributed by atoms with E-state index in [1.807, 2.05) is 6.92 Å². The fraction of sp³-hybridized carbons (Fsp3) is 0.333. The minimum atomic E-state index is -1.35. The second-order valence-electron chi connectivity index (χ2n) is 3.60. The van der Waals surface area contributed by atoms with Crippen LogP contribution in [0.3, 0.4) is 0 Å². The largest absolute Gasteiger partial charge is 0.478 e. The minimum absolute atomic E-state index is 0.115. The van der Waals surface area contributed by atoms with Gasteiger partial charge in [-0.2, -0.15) is 0 Å². The van der Waals surface area contributed by atoms with Crippen LogP contribution in [0, 0.1) is 5.82 Å². The molecule has 0 atom stereocenters. The van der Waals surface area contributed by atoms with E-state index in [-0.39, 0.29) is 12.3 Å². The SMILES string of the molecule is CCCOCC(=O)Nc1ccc(C(=O)O)c(F)c1. The zero-order valence-electron chi connectivity index (χ0n) is 9.90. The van der Waals surface area contributed by atoms with Crippen LogP contribution in [0.25, 0.3) is 0 Å². The molecule has 1 aromatic carbocycles. The molecule has 1 aromatic rings. The molecule has 0 aromatic heterocycles. The second-order valence-corrected chi connectivity index (χ2v) is 3.60. The summed E-state index contributed by atoms with van der Waals surface area (Å²) in [6, 6.07) is 3.38.